The molecule has 0 spiro atoms. The first-order valence-electron chi connectivity index (χ1n) is 7.93. The van der Waals surface area contributed by atoms with Gasteiger partial charge in [-0.3, -0.25) is 9.59 Å². The number of hydrogen-bond acceptors (Lipinski definition) is 5. The van der Waals surface area contributed by atoms with Gasteiger partial charge >= 0.3 is 0 Å². The molecule has 23 heavy (non-hydrogen) atoms. The first-order chi connectivity index (χ1) is 10.9. The van der Waals surface area contributed by atoms with E-state index >= 15 is 0 Å². The van der Waals surface area contributed by atoms with Crippen molar-refractivity contribution in [3.8, 4) is 0 Å². The molecular weight excluding hydrogens is 322 g/mol. The van der Waals surface area contributed by atoms with Gasteiger partial charge in [0.15, 0.2) is 0 Å². The summed E-state index contributed by atoms with van der Waals surface area (Å²) >= 11 is 0. The van der Waals surface area contributed by atoms with E-state index in [0.717, 1.165) is 0 Å². The summed E-state index contributed by atoms with van der Waals surface area (Å²) in [5.41, 5.74) is 0. The number of carbonyl (C=O) groups is 2. The molecule has 0 bridgehead atoms. The van der Waals surface area contributed by atoms with Crippen LogP contribution in [0.25, 0.3) is 0 Å². The van der Waals surface area contributed by atoms with Gasteiger partial charge in [0.05, 0.1) is 24.3 Å². The van der Waals surface area contributed by atoms with E-state index in [4.69, 9.17) is 4.74 Å². The van der Waals surface area contributed by atoms with Crippen LogP contribution < -0.4 is 5.32 Å². The molecular formula is C14H25N3O5S. The zero-order valence-electron chi connectivity index (χ0n) is 13.7. The Bertz CT molecular complexity index is 545. The van der Waals surface area contributed by atoms with Gasteiger partial charge in [0.1, 0.15) is 0 Å². The molecule has 9 heteroatoms. The van der Waals surface area contributed by atoms with Crippen LogP contribution in [0.15, 0.2) is 0 Å². The Morgan fingerprint density at radius 1 is 1.35 bits per heavy atom. The number of carbonyl (C=O) groups excluding carboxylic acids is 2. The smallest absolute Gasteiger partial charge is 0.225 e. The summed E-state index contributed by atoms with van der Waals surface area (Å²) in [6.07, 6.45) is 0.771. The summed E-state index contributed by atoms with van der Waals surface area (Å²) in [4.78, 5) is 25.7. The van der Waals surface area contributed by atoms with Crippen LogP contribution in [0.5, 0.6) is 0 Å². The van der Waals surface area contributed by atoms with Crippen molar-refractivity contribution in [2.24, 2.45) is 5.92 Å². The van der Waals surface area contributed by atoms with Gasteiger partial charge in [0.2, 0.25) is 21.8 Å². The van der Waals surface area contributed by atoms with Crippen LogP contribution in [0.2, 0.25) is 0 Å². The lowest BCUT2D eigenvalue weighted by molar-refractivity contribution is -0.132. The number of methoxy groups -OCH3 is 1. The Kier molecular flexibility index (Phi) is 5.99. The molecule has 132 valence electrons. The fourth-order valence-electron chi connectivity index (χ4n) is 2.91. The summed E-state index contributed by atoms with van der Waals surface area (Å²) in [5, 5.41) is 2.74. The van der Waals surface area contributed by atoms with Crippen LogP contribution in [0.4, 0.5) is 0 Å². The fraction of sp³-hybridized carbons (Fsp3) is 0.857. The molecule has 0 radical (unpaired) electrons. The number of amides is 2. The molecule has 1 atom stereocenters. The molecule has 2 aliphatic heterocycles. The summed E-state index contributed by atoms with van der Waals surface area (Å²) in [6.45, 7) is 3.73. The summed E-state index contributed by atoms with van der Waals surface area (Å²) < 4.78 is 30.1. The highest BCUT2D eigenvalue weighted by Gasteiger charge is 2.44. The quantitative estimate of drug-likeness (QED) is 0.570. The van der Waals surface area contributed by atoms with Crippen molar-refractivity contribution >= 4 is 21.8 Å². The zero-order valence-corrected chi connectivity index (χ0v) is 14.5. The minimum atomic E-state index is -3.20. The van der Waals surface area contributed by atoms with E-state index in [1.54, 1.807) is 12.0 Å². The third-order valence-corrected chi connectivity index (χ3v) is 6.27. The van der Waals surface area contributed by atoms with Crippen molar-refractivity contribution in [1.82, 2.24) is 14.5 Å². The first-order valence-corrected chi connectivity index (χ1v) is 9.54. The van der Waals surface area contributed by atoms with E-state index in [2.05, 4.69) is 5.32 Å². The molecule has 1 N–H and O–H groups in total. The molecule has 0 saturated carbocycles. The monoisotopic (exact) mass is 347 g/mol. The van der Waals surface area contributed by atoms with Crippen LogP contribution in [-0.2, 0) is 24.3 Å². The molecule has 2 heterocycles. The number of sulfonamides is 1. The molecule has 2 fully saturated rings. The molecule has 2 aliphatic rings. The fourth-order valence-corrected chi connectivity index (χ4v) is 4.48. The lowest BCUT2D eigenvalue weighted by Gasteiger charge is -2.43. The predicted molar refractivity (Wildman–Crippen MR) is 84.1 cm³/mol. The van der Waals surface area contributed by atoms with E-state index in [0.29, 0.717) is 39.2 Å². The van der Waals surface area contributed by atoms with Crippen molar-refractivity contribution in [2.75, 3.05) is 45.6 Å². The van der Waals surface area contributed by atoms with E-state index in [9.17, 15) is 18.0 Å². The molecule has 2 amide bonds. The van der Waals surface area contributed by atoms with Crippen molar-refractivity contribution in [2.45, 2.75) is 25.8 Å². The summed E-state index contributed by atoms with van der Waals surface area (Å²) in [6, 6.07) is -0.106. The van der Waals surface area contributed by atoms with Crippen LogP contribution in [-0.4, -0.2) is 81.1 Å². The van der Waals surface area contributed by atoms with Gasteiger partial charge in [-0.2, -0.15) is 4.31 Å². The Morgan fingerprint density at radius 3 is 2.65 bits per heavy atom. The highest BCUT2D eigenvalue weighted by molar-refractivity contribution is 7.89. The van der Waals surface area contributed by atoms with Gasteiger partial charge in [0.25, 0.3) is 0 Å². The topological polar surface area (TPSA) is 96.0 Å². The maximum atomic E-state index is 12.1. The lowest BCUT2D eigenvalue weighted by atomic mass is 10.1. The zero-order chi connectivity index (χ0) is 17.0. The number of hydrogen-bond donors (Lipinski definition) is 1. The number of likely N-dealkylation sites (tertiary alicyclic amines) is 1. The lowest BCUT2D eigenvalue weighted by Crippen LogP contribution is -2.61. The van der Waals surface area contributed by atoms with Crippen molar-refractivity contribution in [3.63, 3.8) is 0 Å². The summed E-state index contributed by atoms with van der Waals surface area (Å²) in [5.74, 6) is -0.444. The van der Waals surface area contributed by atoms with E-state index in [-0.39, 0.29) is 35.9 Å². The van der Waals surface area contributed by atoms with E-state index < -0.39 is 10.0 Å². The van der Waals surface area contributed by atoms with Gasteiger partial charge in [-0.05, 0) is 6.42 Å². The van der Waals surface area contributed by atoms with Crippen molar-refractivity contribution in [3.05, 3.63) is 0 Å². The second-order valence-corrected chi connectivity index (χ2v) is 8.11. The maximum absolute atomic E-state index is 12.1. The standard InChI is InChI=1S/C14H25N3O5S/c1-3-6-23(20,21)16-9-12(10-16)17-8-11(7-13(17)18)14(19)15-4-5-22-2/h11-12H,3-10H2,1-2H3,(H,15,19). The molecule has 2 rings (SSSR count). The van der Waals surface area contributed by atoms with Crippen molar-refractivity contribution in [1.29, 1.82) is 0 Å². The Balaban J connectivity index is 1.82. The third-order valence-electron chi connectivity index (χ3n) is 4.26. The maximum Gasteiger partial charge on any atom is 0.225 e. The van der Waals surface area contributed by atoms with E-state index in [1.807, 2.05) is 6.92 Å². The predicted octanol–water partition coefficient (Wildman–Crippen LogP) is -0.978. The van der Waals surface area contributed by atoms with Gasteiger partial charge in [-0.1, -0.05) is 6.92 Å². The second-order valence-electron chi connectivity index (χ2n) is 6.02. The van der Waals surface area contributed by atoms with Gasteiger partial charge in [0, 0.05) is 39.7 Å². The van der Waals surface area contributed by atoms with Crippen molar-refractivity contribution < 1.29 is 22.7 Å². The summed E-state index contributed by atoms with van der Waals surface area (Å²) in [7, 11) is -1.64. The Morgan fingerprint density at radius 2 is 2.04 bits per heavy atom. The number of nitrogens with zero attached hydrogens (tertiary/aromatic N) is 2. The highest BCUT2D eigenvalue weighted by atomic mass is 32.2. The molecule has 0 aromatic heterocycles. The largest absolute Gasteiger partial charge is 0.383 e. The van der Waals surface area contributed by atoms with E-state index in [1.165, 1.54) is 4.31 Å². The average molecular weight is 347 g/mol. The molecule has 0 aromatic carbocycles. The van der Waals surface area contributed by atoms with Gasteiger partial charge < -0.3 is 15.0 Å². The number of ether oxygens (including phenoxy) is 1. The average Bonchev–Trinajstić information content (AvgIpc) is 2.79. The van der Waals surface area contributed by atoms with Gasteiger partial charge in [-0.25, -0.2) is 8.42 Å². The molecule has 2 saturated heterocycles. The first kappa shape index (κ1) is 18.2. The van der Waals surface area contributed by atoms with Gasteiger partial charge in [-0.15, -0.1) is 0 Å². The molecule has 0 aliphatic carbocycles. The molecule has 8 nitrogen and oxygen atoms in total. The SMILES string of the molecule is CCCS(=O)(=O)N1CC(N2CC(C(=O)NCCOC)CC2=O)C1. The third kappa shape index (κ3) is 4.21. The number of nitrogens with one attached hydrogen (secondary N) is 1. The molecule has 1 unspecified atom stereocenters. The number of rotatable bonds is 8. The normalized spacial score (nSPS) is 23.1. The van der Waals surface area contributed by atoms with Crippen LogP contribution in [0.1, 0.15) is 19.8 Å². The van der Waals surface area contributed by atoms with Crippen LogP contribution in [0.3, 0.4) is 0 Å². The van der Waals surface area contributed by atoms with Crippen LogP contribution in [0, 0.1) is 5.92 Å². The minimum Gasteiger partial charge on any atom is -0.383 e. The Hall–Kier alpha value is -1.19. The Labute approximate surface area is 137 Å². The molecule has 0 aromatic rings. The highest BCUT2D eigenvalue weighted by Crippen LogP contribution is 2.26. The van der Waals surface area contributed by atoms with Crippen LogP contribution >= 0.6 is 0 Å². The minimum absolute atomic E-state index is 0.0746. The second kappa shape index (κ2) is 7.59.